The summed E-state index contributed by atoms with van der Waals surface area (Å²) < 4.78 is 0. The lowest BCUT2D eigenvalue weighted by atomic mass is 9.95. The largest absolute Gasteiger partial charge is 0.465 e. The van der Waals surface area contributed by atoms with Gasteiger partial charge in [0.25, 0.3) is 11.8 Å². The molecule has 150 valence electrons. The van der Waals surface area contributed by atoms with Crippen LogP contribution in [0.3, 0.4) is 0 Å². The standard InChI is InChI=1S/C19H29N3O5/c1-12(2)14(16(23)20-27)21(6)17(24)15(13-10-8-7-9-11-13)22(18(25)26)19(3,4)5/h7-12,14-15,27H,1-6H3,(H,20,23)(H,25,26). The summed E-state index contributed by atoms with van der Waals surface area (Å²) >= 11 is 0. The summed E-state index contributed by atoms with van der Waals surface area (Å²) in [6, 6.07) is 6.47. The second-order valence-electron chi connectivity index (χ2n) is 7.75. The molecule has 0 aliphatic rings. The average Bonchev–Trinajstić information content (AvgIpc) is 2.57. The van der Waals surface area contributed by atoms with Gasteiger partial charge >= 0.3 is 6.09 Å². The zero-order valence-electron chi connectivity index (χ0n) is 16.6. The van der Waals surface area contributed by atoms with Gasteiger partial charge in [-0.2, -0.15) is 0 Å². The van der Waals surface area contributed by atoms with Crippen LogP contribution in [0.4, 0.5) is 4.79 Å². The topological polar surface area (TPSA) is 110 Å². The molecule has 0 spiro atoms. The molecule has 1 aromatic rings. The number of nitrogens with zero attached hydrogens (tertiary/aromatic N) is 2. The van der Waals surface area contributed by atoms with E-state index in [-0.39, 0.29) is 5.92 Å². The number of carbonyl (C=O) groups is 3. The Labute approximate surface area is 159 Å². The maximum atomic E-state index is 13.4. The monoisotopic (exact) mass is 379 g/mol. The number of hydroxylamine groups is 1. The Morgan fingerprint density at radius 2 is 1.59 bits per heavy atom. The van der Waals surface area contributed by atoms with Gasteiger partial charge in [0, 0.05) is 12.6 Å². The van der Waals surface area contributed by atoms with Gasteiger partial charge in [-0.05, 0) is 32.3 Å². The fraction of sp³-hybridized carbons (Fsp3) is 0.526. The highest BCUT2D eigenvalue weighted by molar-refractivity contribution is 5.91. The molecular formula is C19H29N3O5. The van der Waals surface area contributed by atoms with E-state index in [1.807, 2.05) is 0 Å². The maximum absolute atomic E-state index is 13.4. The van der Waals surface area contributed by atoms with Crippen LogP contribution < -0.4 is 5.48 Å². The Bertz CT molecular complexity index is 670. The second kappa shape index (κ2) is 8.85. The summed E-state index contributed by atoms with van der Waals surface area (Å²) in [5.74, 6) is -1.58. The predicted octanol–water partition coefficient (Wildman–Crippen LogP) is 2.49. The van der Waals surface area contributed by atoms with E-state index in [0.29, 0.717) is 5.56 Å². The Balaban J connectivity index is 3.48. The van der Waals surface area contributed by atoms with Crippen LogP contribution in [0, 0.1) is 5.92 Å². The van der Waals surface area contributed by atoms with Crippen molar-refractivity contribution in [2.45, 2.75) is 52.2 Å². The van der Waals surface area contributed by atoms with Gasteiger partial charge in [0.15, 0.2) is 0 Å². The Morgan fingerprint density at radius 3 is 1.96 bits per heavy atom. The smallest absolute Gasteiger partial charge is 0.408 e. The zero-order chi connectivity index (χ0) is 20.9. The molecule has 8 nitrogen and oxygen atoms in total. The van der Waals surface area contributed by atoms with Gasteiger partial charge in [-0.1, -0.05) is 44.2 Å². The number of carbonyl (C=O) groups excluding carboxylic acids is 2. The van der Waals surface area contributed by atoms with E-state index in [9.17, 15) is 19.5 Å². The Morgan fingerprint density at radius 1 is 1.07 bits per heavy atom. The molecule has 0 bridgehead atoms. The van der Waals surface area contributed by atoms with Crippen LogP contribution >= 0.6 is 0 Å². The lowest BCUT2D eigenvalue weighted by molar-refractivity contribution is -0.148. The molecule has 0 aliphatic heterocycles. The van der Waals surface area contributed by atoms with Crippen molar-refractivity contribution in [3.05, 3.63) is 35.9 Å². The number of nitrogens with one attached hydrogen (secondary N) is 1. The van der Waals surface area contributed by atoms with Crippen molar-refractivity contribution in [3.8, 4) is 0 Å². The van der Waals surface area contributed by atoms with Crippen molar-refractivity contribution in [2.24, 2.45) is 5.92 Å². The van der Waals surface area contributed by atoms with Gasteiger partial charge in [-0.15, -0.1) is 0 Å². The third kappa shape index (κ3) is 5.19. The highest BCUT2D eigenvalue weighted by atomic mass is 16.5. The minimum Gasteiger partial charge on any atom is -0.465 e. The van der Waals surface area contributed by atoms with Crippen molar-refractivity contribution >= 4 is 17.9 Å². The molecule has 0 fully saturated rings. The van der Waals surface area contributed by atoms with Gasteiger partial charge in [0.05, 0.1) is 0 Å². The van der Waals surface area contributed by atoms with Gasteiger partial charge < -0.3 is 10.0 Å². The highest BCUT2D eigenvalue weighted by Crippen LogP contribution is 2.31. The lowest BCUT2D eigenvalue weighted by Gasteiger charge is -2.41. The summed E-state index contributed by atoms with van der Waals surface area (Å²) in [6.07, 6.45) is -1.24. The van der Waals surface area contributed by atoms with Crippen LogP contribution in [-0.2, 0) is 9.59 Å². The fourth-order valence-electron chi connectivity index (χ4n) is 3.14. The number of amides is 3. The molecule has 3 amide bonds. The van der Waals surface area contributed by atoms with E-state index in [1.54, 1.807) is 70.4 Å². The number of benzene rings is 1. The molecule has 0 radical (unpaired) electrons. The number of rotatable bonds is 6. The molecule has 8 heteroatoms. The van der Waals surface area contributed by atoms with E-state index in [1.165, 1.54) is 11.9 Å². The van der Waals surface area contributed by atoms with Crippen molar-refractivity contribution in [3.63, 3.8) is 0 Å². The number of likely N-dealkylation sites (N-methyl/N-ethyl adjacent to an activating group) is 1. The molecule has 1 rings (SSSR count). The number of hydrogen-bond donors (Lipinski definition) is 3. The lowest BCUT2D eigenvalue weighted by Crippen LogP contribution is -2.56. The normalized spacial score (nSPS) is 13.6. The molecule has 3 N–H and O–H groups in total. The van der Waals surface area contributed by atoms with Crippen molar-refractivity contribution < 1.29 is 24.7 Å². The van der Waals surface area contributed by atoms with Gasteiger partial charge in [0.2, 0.25) is 0 Å². The maximum Gasteiger partial charge on any atom is 0.408 e. The van der Waals surface area contributed by atoms with Crippen LogP contribution in [0.1, 0.15) is 46.2 Å². The van der Waals surface area contributed by atoms with Crippen LogP contribution in [0.2, 0.25) is 0 Å². The predicted molar refractivity (Wildman–Crippen MR) is 100 cm³/mol. The quantitative estimate of drug-likeness (QED) is 0.520. The number of hydrogen-bond acceptors (Lipinski definition) is 4. The third-order valence-electron chi connectivity index (χ3n) is 4.31. The van der Waals surface area contributed by atoms with E-state index in [4.69, 9.17) is 5.21 Å². The first-order valence-corrected chi connectivity index (χ1v) is 8.71. The summed E-state index contributed by atoms with van der Waals surface area (Å²) in [4.78, 5) is 39.7. The summed E-state index contributed by atoms with van der Waals surface area (Å²) in [5, 5.41) is 18.8. The molecular weight excluding hydrogens is 350 g/mol. The first-order valence-electron chi connectivity index (χ1n) is 8.71. The van der Waals surface area contributed by atoms with Gasteiger partial charge in [0.1, 0.15) is 12.1 Å². The van der Waals surface area contributed by atoms with Crippen LogP contribution in [0.5, 0.6) is 0 Å². The fourth-order valence-corrected chi connectivity index (χ4v) is 3.14. The van der Waals surface area contributed by atoms with Crippen LogP contribution in [-0.4, -0.2) is 56.6 Å². The molecule has 0 saturated carbocycles. The molecule has 2 atom stereocenters. The van der Waals surface area contributed by atoms with E-state index in [0.717, 1.165) is 4.90 Å². The van der Waals surface area contributed by atoms with Crippen LogP contribution in [0.15, 0.2) is 30.3 Å². The second-order valence-corrected chi connectivity index (χ2v) is 7.75. The minimum absolute atomic E-state index is 0.296. The molecule has 0 saturated heterocycles. The van der Waals surface area contributed by atoms with Crippen molar-refractivity contribution in [1.82, 2.24) is 15.3 Å². The number of carboxylic acid groups (broad SMARTS) is 1. The summed E-state index contributed by atoms with van der Waals surface area (Å²) in [5.41, 5.74) is 1.21. The molecule has 27 heavy (non-hydrogen) atoms. The third-order valence-corrected chi connectivity index (χ3v) is 4.31. The van der Waals surface area contributed by atoms with Gasteiger partial charge in [-0.3, -0.25) is 19.7 Å². The zero-order valence-corrected chi connectivity index (χ0v) is 16.6. The molecule has 1 aromatic carbocycles. The van der Waals surface area contributed by atoms with E-state index >= 15 is 0 Å². The van der Waals surface area contributed by atoms with E-state index in [2.05, 4.69) is 0 Å². The van der Waals surface area contributed by atoms with E-state index < -0.39 is 35.5 Å². The summed E-state index contributed by atoms with van der Waals surface area (Å²) in [7, 11) is 1.43. The van der Waals surface area contributed by atoms with Crippen molar-refractivity contribution in [1.29, 1.82) is 0 Å². The van der Waals surface area contributed by atoms with Crippen LogP contribution in [0.25, 0.3) is 0 Å². The minimum atomic E-state index is -1.24. The molecule has 0 heterocycles. The Kier molecular flexibility index (Phi) is 7.36. The highest BCUT2D eigenvalue weighted by Gasteiger charge is 2.42. The Hall–Kier alpha value is -2.61. The SMILES string of the molecule is CC(C)C(C(=O)NO)N(C)C(=O)C(c1ccccc1)N(C(=O)O)C(C)(C)C. The average molecular weight is 379 g/mol. The molecule has 2 unspecified atom stereocenters. The molecule has 0 aromatic heterocycles. The summed E-state index contributed by atoms with van der Waals surface area (Å²) in [6.45, 7) is 8.57. The first-order chi connectivity index (χ1) is 12.4. The molecule has 0 aliphatic carbocycles. The first kappa shape index (κ1) is 22.4. The van der Waals surface area contributed by atoms with Gasteiger partial charge in [-0.25, -0.2) is 10.3 Å². The van der Waals surface area contributed by atoms with Crippen molar-refractivity contribution in [2.75, 3.05) is 7.05 Å².